The summed E-state index contributed by atoms with van der Waals surface area (Å²) in [7, 11) is 0. The molecule has 3 aromatic heterocycles. The fourth-order valence-corrected chi connectivity index (χ4v) is 8.13. The second-order valence-electron chi connectivity index (χ2n) is 13.9. The molecule has 1 aliphatic carbocycles. The van der Waals surface area contributed by atoms with Gasteiger partial charge in [-0.2, -0.15) is 0 Å². The quantitative estimate of drug-likeness (QED) is 0.183. The van der Waals surface area contributed by atoms with Gasteiger partial charge in [-0.1, -0.05) is 141 Å². The molecule has 0 unspecified atom stereocenters. The summed E-state index contributed by atoms with van der Waals surface area (Å²) in [6.45, 7) is 4.64. The minimum Gasteiger partial charge on any atom is -0.294 e. The van der Waals surface area contributed by atoms with Crippen LogP contribution in [0.15, 0.2) is 164 Å². The van der Waals surface area contributed by atoms with Gasteiger partial charge >= 0.3 is 0 Å². The smallest absolute Gasteiger partial charge is 0.164 e. The van der Waals surface area contributed by atoms with E-state index in [2.05, 4.69) is 146 Å². The number of rotatable bonds is 5. The molecule has 10 rings (SSSR count). The Morgan fingerprint density at radius 3 is 1.88 bits per heavy atom. The maximum absolute atomic E-state index is 5.28. The Balaban J connectivity index is 1.16. The molecule has 6 aromatic carbocycles. The third-order valence-corrected chi connectivity index (χ3v) is 10.5. The molecule has 0 saturated carbocycles. The van der Waals surface area contributed by atoms with E-state index in [1.54, 1.807) is 0 Å². The van der Waals surface area contributed by atoms with Gasteiger partial charge in [0.15, 0.2) is 17.5 Å². The number of aromatic nitrogens is 5. The maximum Gasteiger partial charge on any atom is 0.164 e. The second-order valence-corrected chi connectivity index (χ2v) is 13.9. The molecule has 0 radical (unpaired) electrons. The summed E-state index contributed by atoms with van der Waals surface area (Å²) in [6.07, 6.45) is 1.88. The van der Waals surface area contributed by atoms with Gasteiger partial charge in [0, 0.05) is 44.8 Å². The Morgan fingerprint density at radius 2 is 1.08 bits per heavy atom. The van der Waals surface area contributed by atoms with Crippen molar-refractivity contribution in [3.8, 4) is 62.1 Å². The topological polar surface area (TPSA) is 56.5 Å². The fourth-order valence-electron chi connectivity index (χ4n) is 8.13. The molecular weight excluding hydrogens is 635 g/mol. The molecule has 5 heteroatoms. The Morgan fingerprint density at radius 1 is 0.462 bits per heavy atom. The monoisotopic (exact) mass is 667 g/mol. The Bertz CT molecular complexity index is 2760. The van der Waals surface area contributed by atoms with E-state index in [9.17, 15) is 0 Å². The number of para-hydroxylation sites is 1. The van der Waals surface area contributed by atoms with Gasteiger partial charge in [-0.05, 0) is 63.7 Å². The summed E-state index contributed by atoms with van der Waals surface area (Å²) in [6, 6.07) is 55.1. The second kappa shape index (κ2) is 11.7. The number of benzene rings is 6. The van der Waals surface area contributed by atoms with E-state index < -0.39 is 0 Å². The number of pyridine rings is 1. The van der Waals surface area contributed by atoms with Crippen LogP contribution in [0.5, 0.6) is 0 Å². The molecule has 0 amide bonds. The van der Waals surface area contributed by atoms with Gasteiger partial charge in [-0.25, -0.2) is 19.9 Å². The molecular formula is C47H33N5. The van der Waals surface area contributed by atoms with Crippen LogP contribution in [0.2, 0.25) is 0 Å². The van der Waals surface area contributed by atoms with Crippen LogP contribution in [0.4, 0.5) is 0 Å². The minimum atomic E-state index is -0.342. The van der Waals surface area contributed by atoms with Crippen molar-refractivity contribution < 1.29 is 0 Å². The van der Waals surface area contributed by atoms with E-state index in [-0.39, 0.29) is 5.41 Å². The van der Waals surface area contributed by atoms with Gasteiger partial charge in [0.25, 0.3) is 0 Å². The summed E-state index contributed by atoms with van der Waals surface area (Å²) < 4.78 is 2.29. The highest BCUT2D eigenvalue weighted by atomic mass is 15.0. The van der Waals surface area contributed by atoms with Crippen LogP contribution >= 0.6 is 0 Å². The molecule has 0 fully saturated rings. The maximum atomic E-state index is 5.28. The van der Waals surface area contributed by atoms with Crippen molar-refractivity contribution in [2.24, 2.45) is 0 Å². The third-order valence-electron chi connectivity index (χ3n) is 10.5. The van der Waals surface area contributed by atoms with Crippen molar-refractivity contribution in [3.05, 3.63) is 175 Å². The highest BCUT2D eigenvalue weighted by molar-refractivity contribution is 6.08. The van der Waals surface area contributed by atoms with Crippen molar-refractivity contribution in [2.75, 3.05) is 0 Å². The molecule has 246 valence electrons. The van der Waals surface area contributed by atoms with Crippen molar-refractivity contribution >= 4 is 21.9 Å². The largest absolute Gasteiger partial charge is 0.294 e. The standard InChI is InChI=1S/C47H33N5/c1-47(2)40-29-32(52-41-25-12-11-20-35(41)38-24-14-28-48-46(38)52)26-27-34(40)36-22-13-23-39(42(36)47)45-50-43(31-17-7-4-8-18-31)49-44(51-45)37-21-10-9-19-33(37)30-15-5-3-6-16-30/h3-29H,1-2H3. The highest BCUT2D eigenvalue weighted by Crippen LogP contribution is 2.52. The number of hydrogen-bond donors (Lipinski definition) is 0. The third kappa shape index (κ3) is 4.63. The highest BCUT2D eigenvalue weighted by Gasteiger charge is 2.38. The van der Waals surface area contributed by atoms with Crippen molar-refractivity contribution in [2.45, 2.75) is 19.3 Å². The molecule has 5 nitrogen and oxygen atoms in total. The van der Waals surface area contributed by atoms with E-state index in [0.717, 1.165) is 50.1 Å². The number of nitrogens with zero attached hydrogens (tertiary/aromatic N) is 5. The SMILES string of the molecule is CC1(C)c2cc(-n3c4ccccc4c4cccnc43)ccc2-c2cccc(-c3nc(-c4ccccc4)nc(-c4ccccc4-c4ccccc4)n3)c21. The molecule has 3 heterocycles. The van der Waals surface area contributed by atoms with Crippen LogP contribution in [0.1, 0.15) is 25.0 Å². The van der Waals surface area contributed by atoms with Crippen LogP contribution in [0, 0.1) is 0 Å². The van der Waals surface area contributed by atoms with Gasteiger partial charge in [-0.3, -0.25) is 4.57 Å². The summed E-state index contributed by atoms with van der Waals surface area (Å²) in [4.78, 5) is 20.4. The lowest BCUT2D eigenvalue weighted by Crippen LogP contribution is -2.17. The molecule has 0 aliphatic heterocycles. The van der Waals surface area contributed by atoms with Gasteiger partial charge in [0.2, 0.25) is 0 Å². The van der Waals surface area contributed by atoms with Gasteiger partial charge in [-0.15, -0.1) is 0 Å². The predicted molar refractivity (Wildman–Crippen MR) is 211 cm³/mol. The molecule has 0 spiro atoms. The Kier molecular flexibility index (Phi) is 6.77. The summed E-state index contributed by atoms with van der Waals surface area (Å²) in [5, 5.41) is 2.35. The van der Waals surface area contributed by atoms with Crippen LogP contribution in [0.25, 0.3) is 84.0 Å². The van der Waals surface area contributed by atoms with E-state index in [4.69, 9.17) is 19.9 Å². The molecule has 0 saturated heterocycles. The molecule has 1 aliphatic rings. The molecule has 0 N–H and O–H groups in total. The van der Waals surface area contributed by atoms with Gasteiger partial charge in [0.1, 0.15) is 5.65 Å². The van der Waals surface area contributed by atoms with E-state index in [0.29, 0.717) is 17.5 Å². The summed E-state index contributed by atoms with van der Waals surface area (Å²) >= 11 is 0. The van der Waals surface area contributed by atoms with Crippen LogP contribution < -0.4 is 0 Å². The van der Waals surface area contributed by atoms with Crippen molar-refractivity contribution in [3.63, 3.8) is 0 Å². The van der Waals surface area contributed by atoms with Crippen LogP contribution in [-0.2, 0) is 5.41 Å². The minimum absolute atomic E-state index is 0.342. The molecule has 0 bridgehead atoms. The zero-order valence-electron chi connectivity index (χ0n) is 28.8. The zero-order valence-corrected chi connectivity index (χ0v) is 28.8. The lowest BCUT2D eigenvalue weighted by Gasteiger charge is -2.24. The summed E-state index contributed by atoms with van der Waals surface area (Å²) in [5.41, 5.74) is 12.9. The van der Waals surface area contributed by atoms with Crippen LogP contribution in [-0.4, -0.2) is 24.5 Å². The first-order valence-corrected chi connectivity index (χ1v) is 17.7. The van der Waals surface area contributed by atoms with Crippen LogP contribution in [0.3, 0.4) is 0 Å². The average molecular weight is 668 g/mol. The molecule has 9 aromatic rings. The van der Waals surface area contributed by atoms with Gasteiger partial charge < -0.3 is 0 Å². The van der Waals surface area contributed by atoms with E-state index >= 15 is 0 Å². The first kappa shape index (κ1) is 30.1. The molecule has 52 heavy (non-hydrogen) atoms. The lowest BCUT2D eigenvalue weighted by molar-refractivity contribution is 0.660. The normalized spacial score (nSPS) is 13.0. The fraction of sp³-hybridized carbons (Fsp3) is 0.0638. The molecule has 0 atom stereocenters. The van der Waals surface area contributed by atoms with Crippen molar-refractivity contribution in [1.29, 1.82) is 0 Å². The van der Waals surface area contributed by atoms with E-state index in [1.807, 2.05) is 36.5 Å². The predicted octanol–water partition coefficient (Wildman–Crippen LogP) is 11.3. The first-order chi connectivity index (χ1) is 25.6. The number of hydrogen-bond acceptors (Lipinski definition) is 4. The van der Waals surface area contributed by atoms with Crippen molar-refractivity contribution in [1.82, 2.24) is 24.5 Å². The zero-order chi connectivity index (χ0) is 34.8. The lowest BCUT2D eigenvalue weighted by atomic mass is 9.80. The van der Waals surface area contributed by atoms with E-state index in [1.165, 1.54) is 27.6 Å². The summed E-state index contributed by atoms with van der Waals surface area (Å²) in [5.74, 6) is 1.96. The first-order valence-electron chi connectivity index (χ1n) is 17.7. The van der Waals surface area contributed by atoms with Gasteiger partial charge in [0.05, 0.1) is 5.52 Å². The average Bonchev–Trinajstić information content (AvgIpc) is 3.66. The number of fused-ring (bicyclic) bond motifs is 6. The Hall–Kier alpha value is -6.72. The Labute approximate surface area is 302 Å².